The number of hydrogen-bond acceptors (Lipinski definition) is 4. The summed E-state index contributed by atoms with van der Waals surface area (Å²) >= 11 is 0. The van der Waals surface area contributed by atoms with Gasteiger partial charge in [-0.05, 0) is 60.3 Å². The van der Waals surface area contributed by atoms with Crippen molar-refractivity contribution in [2.75, 3.05) is 6.54 Å². The maximum atomic E-state index is 12.6. The Kier molecular flexibility index (Phi) is 7.70. The molecule has 0 aromatic heterocycles. The lowest BCUT2D eigenvalue weighted by atomic mass is 10.0. The zero-order valence-electron chi connectivity index (χ0n) is 16.3. The first-order valence-electron chi connectivity index (χ1n) is 9.15. The average molecular weight is 355 g/mol. The number of amides is 3. The van der Waals surface area contributed by atoms with E-state index >= 15 is 0 Å². The minimum Gasteiger partial charge on any atom is -0.444 e. The molecule has 3 amide bonds. The Balaban J connectivity index is 2.70. The number of hydrogen-bond donors (Lipinski definition) is 2. The highest BCUT2D eigenvalue weighted by atomic mass is 16.6. The predicted molar refractivity (Wildman–Crippen MR) is 96.1 cm³/mol. The first kappa shape index (κ1) is 21.3. The lowest BCUT2D eigenvalue weighted by molar-refractivity contribution is -0.132. The highest BCUT2D eigenvalue weighted by Gasteiger charge is 2.35. The van der Waals surface area contributed by atoms with E-state index in [0.717, 1.165) is 19.3 Å². The smallest absolute Gasteiger partial charge is 0.410 e. The number of piperidine rings is 1. The second kappa shape index (κ2) is 9.06. The summed E-state index contributed by atoms with van der Waals surface area (Å²) in [5, 5.41) is 5.57. The van der Waals surface area contributed by atoms with Gasteiger partial charge in [0, 0.05) is 12.6 Å². The molecule has 1 heterocycles. The van der Waals surface area contributed by atoms with Crippen LogP contribution in [0.25, 0.3) is 0 Å². The van der Waals surface area contributed by atoms with Crippen molar-refractivity contribution in [3.8, 4) is 0 Å². The van der Waals surface area contributed by atoms with Crippen molar-refractivity contribution >= 4 is 17.9 Å². The Hall–Kier alpha value is -1.79. The molecule has 3 unspecified atom stereocenters. The van der Waals surface area contributed by atoms with E-state index in [1.54, 1.807) is 27.7 Å². The van der Waals surface area contributed by atoms with Crippen molar-refractivity contribution in [3.05, 3.63) is 0 Å². The minimum absolute atomic E-state index is 0.0554. The van der Waals surface area contributed by atoms with Crippen LogP contribution in [0.4, 0.5) is 4.79 Å². The van der Waals surface area contributed by atoms with Crippen molar-refractivity contribution in [1.29, 1.82) is 0 Å². The maximum Gasteiger partial charge on any atom is 0.410 e. The highest BCUT2D eigenvalue weighted by Crippen LogP contribution is 2.20. The standard InChI is InChI=1S/C18H33N3O4/c1-7-12(2)19-15(22)13(3)20-16(23)14-10-8-9-11-21(14)17(24)25-18(4,5)6/h12-14H,7-11H2,1-6H3,(H,19,22)(H,20,23). The molecule has 144 valence electrons. The van der Waals surface area contributed by atoms with Gasteiger partial charge in [-0.25, -0.2) is 4.79 Å². The molecule has 0 bridgehead atoms. The third-order valence-corrected chi connectivity index (χ3v) is 4.19. The summed E-state index contributed by atoms with van der Waals surface area (Å²) in [6.45, 7) is 11.4. The lowest BCUT2D eigenvalue weighted by Crippen LogP contribution is -2.56. The molecule has 3 atom stereocenters. The third kappa shape index (κ3) is 6.92. The average Bonchev–Trinajstić information content (AvgIpc) is 2.52. The predicted octanol–water partition coefficient (Wildman–Crippen LogP) is 2.20. The van der Waals surface area contributed by atoms with Gasteiger partial charge >= 0.3 is 6.09 Å². The second-order valence-corrected chi connectivity index (χ2v) is 7.73. The van der Waals surface area contributed by atoms with Crippen molar-refractivity contribution in [2.45, 2.75) is 91.0 Å². The molecule has 0 saturated carbocycles. The van der Waals surface area contributed by atoms with Gasteiger partial charge in [0.15, 0.2) is 0 Å². The Labute approximate surface area is 150 Å². The van der Waals surface area contributed by atoms with Gasteiger partial charge in [0.1, 0.15) is 17.7 Å². The maximum absolute atomic E-state index is 12.6. The number of rotatable bonds is 5. The van der Waals surface area contributed by atoms with Gasteiger partial charge in [-0.1, -0.05) is 6.92 Å². The largest absolute Gasteiger partial charge is 0.444 e. The normalized spacial score (nSPS) is 20.4. The number of nitrogens with zero attached hydrogens (tertiary/aromatic N) is 1. The number of nitrogens with one attached hydrogen (secondary N) is 2. The van der Waals surface area contributed by atoms with Crippen LogP contribution < -0.4 is 10.6 Å². The van der Waals surface area contributed by atoms with Crippen molar-refractivity contribution in [3.63, 3.8) is 0 Å². The fourth-order valence-corrected chi connectivity index (χ4v) is 2.59. The molecule has 1 rings (SSSR count). The molecule has 1 aliphatic heterocycles. The summed E-state index contributed by atoms with van der Waals surface area (Å²) in [4.78, 5) is 38.6. The summed E-state index contributed by atoms with van der Waals surface area (Å²) < 4.78 is 5.40. The fraction of sp³-hybridized carbons (Fsp3) is 0.833. The Morgan fingerprint density at radius 2 is 1.80 bits per heavy atom. The molecular formula is C18H33N3O4. The van der Waals surface area contributed by atoms with Crippen LogP contribution in [0.2, 0.25) is 0 Å². The molecule has 1 fully saturated rings. The Morgan fingerprint density at radius 1 is 1.16 bits per heavy atom. The van der Waals surface area contributed by atoms with E-state index in [9.17, 15) is 14.4 Å². The van der Waals surface area contributed by atoms with Crippen LogP contribution in [-0.2, 0) is 14.3 Å². The van der Waals surface area contributed by atoms with Gasteiger partial charge in [-0.2, -0.15) is 0 Å². The molecule has 1 aliphatic rings. The van der Waals surface area contributed by atoms with Crippen LogP contribution in [0, 0.1) is 0 Å². The van der Waals surface area contributed by atoms with Crippen LogP contribution in [0.1, 0.15) is 67.2 Å². The molecule has 2 N–H and O–H groups in total. The summed E-state index contributed by atoms with van der Waals surface area (Å²) in [7, 11) is 0. The van der Waals surface area contributed by atoms with E-state index in [1.165, 1.54) is 4.90 Å². The molecule has 25 heavy (non-hydrogen) atoms. The number of ether oxygens (including phenoxy) is 1. The van der Waals surface area contributed by atoms with Gasteiger partial charge in [0.25, 0.3) is 0 Å². The molecule has 0 aliphatic carbocycles. The van der Waals surface area contributed by atoms with Crippen LogP contribution in [-0.4, -0.2) is 53.1 Å². The van der Waals surface area contributed by atoms with Gasteiger partial charge in [0.05, 0.1) is 0 Å². The number of carbonyl (C=O) groups excluding carboxylic acids is 3. The summed E-state index contributed by atoms with van der Waals surface area (Å²) in [6, 6.07) is -1.19. The van der Waals surface area contributed by atoms with E-state index in [2.05, 4.69) is 10.6 Å². The Bertz CT molecular complexity index is 487. The molecule has 7 heteroatoms. The van der Waals surface area contributed by atoms with Crippen molar-refractivity contribution in [2.24, 2.45) is 0 Å². The van der Waals surface area contributed by atoms with Gasteiger partial charge in [-0.15, -0.1) is 0 Å². The van der Waals surface area contributed by atoms with Crippen molar-refractivity contribution < 1.29 is 19.1 Å². The third-order valence-electron chi connectivity index (χ3n) is 4.19. The van der Waals surface area contributed by atoms with Crippen molar-refractivity contribution in [1.82, 2.24) is 15.5 Å². The zero-order valence-corrected chi connectivity index (χ0v) is 16.3. The number of likely N-dealkylation sites (tertiary alicyclic amines) is 1. The van der Waals surface area contributed by atoms with E-state index in [-0.39, 0.29) is 17.9 Å². The van der Waals surface area contributed by atoms with Gasteiger partial charge in [-0.3, -0.25) is 14.5 Å². The second-order valence-electron chi connectivity index (χ2n) is 7.73. The molecule has 0 aromatic carbocycles. The van der Waals surface area contributed by atoms with Crippen LogP contribution in [0.3, 0.4) is 0 Å². The molecule has 0 aromatic rings. The van der Waals surface area contributed by atoms with E-state index in [0.29, 0.717) is 13.0 Å². The van der Waals surface area contributed by atoms with E-state index < -0.39 is 23.8 Å². The minimum atomic E-state index is -0.649. The van der Waals surface area contributed by atoms with Gasteiger partial charge < -0.3 is 15.4 Å². The first-order chi connectivity index (χ1) is 11.5. The molecule has 0 spiro atoms. The first-order valence-corrected chi connectivity index (χ1v) is 9.15. The number of carbonyl (C=O) groups is 3. The molecular weight excluding hydrogens is 322 g/mol. The molecule has 0 radical (unpaired) electrons. The molecule has 1 saturated heterocycles. The summed E-state index contributed by atoms with van der Waals surface area (Å²) in [5.74, 6) is -0.528. The summed E-state index contributed by atoms with van der Waals surface area (Å²) in [6.07, 6.45) is 2.62. The molecule has 7 nitrogen and oxygen atoms in total. The fourth-order valence-electron chi connectivity index (χ4n) is 2.59. The van der Waals surface area contributed by atoms with E-state index in [4.69, 9.17) is 4.74 Å². The lowest BCUT2D eigenvalue weighted by Gasteiger charge is -2.36. The van der Waals surface area contributed by atoms with Crippen LogP contribution in [0.15, 0.2) is 0 Å². The van der Waals surface area contributed by atoms with Crippen LogP contribution in [0.5, 0.6) is 0 Å². The monoisotopic (exact) mass is 355 g/mol. The Morgan fingerprint density at radius 3 is 2.36 bits per heavy atom. The zero-order chi connectivity index (χ0) is 19.2. The van der Waals surface area contributed by atoms with Gasteiger partial charge in [0.2, 0.25) is 11.8 Å². The van der Waals surface area contributed by atoms with Crippen LogP contribution >= 0.6 is 0 Å². The summed E-state index contributed by atoms with van der Waals surface area (Å²) in [5.41, 5.74) is -0.612. The quantitative estimate of drug-likeness (QED) is 0.791. The van der Waals surface area contributed by atoms with E-state index in [1.807, 2.05) is 13.8 Å². The highest BCUT2D eigenvalue weighted by molar-refractivity contribution is 5.91. The SMILES string of the molecule is CCC(C)NC(=O)C(C)NC(=O)C1CCCCN1C(=O)OC(C)(C)C. The topological polar surface area (TPSA) is 87.7 Å².